The average molecular weight is 301 g/mol. The molecule has 1 aliphatic rings. The lowest BCUT2D eigenvalue weighted by Gasteiger charge is -2.08. The monoisotopic (exact) mass is 301 g/mol. The first kappa shape index (κ1) is 14.0. The largest absolute Gasteiger partial charge is 0.378 e. The van der Waals surface area contributed by atoms with Crippen molar-refractivity contribution in [3.05, 3.63) is 40.7 Å². The molecule has 2 heterocycles. The van der Waals surface area contributed by atoms with E-state index in [1.165, 1.54) is 11.8 Å². The van der Waals surface area contributed by atoms with Gasteiger partial charge in [-0.25, -0.2) is 9.97 Å². The Morgan fingerprint density at radius 2 is 1.86 bits per heavy atom. The molecule has 0 saturated carbocycles. The van der Waals surface area contributed by atoms with Crippen LogP contribution in [0.15, 0.2) is 28.3 Å². The number of fused-ring (bicyclic) bond motifs is 1. The molecule has 0 saturated heterocycles. The zero-order valence-corrected chi connectivity index (χ0v) is 12.8. The van der Waals surface area contributed by atoms with Gasteiger partial charge >= 0.3 is 0 Å². The van der Waals surface area contributed by atoms with E-state index in [0.29, 0.717) is 16.4 Å². The number of aliphatic hydroxyl groups excluding tert-OH is 1. The molecule has 1 amide bonds. The highest BCUT2D eigenvalue weighted by atomic mass is 32.2. The summed E-state index contributed by atoms with van der Waals surface area (Å²) in [5.74, 6) is -0.384. The third kappa shape index (κ3) is 2.52. The number of aliphatic hydroxyl groups is 1. The van der Waals surface area contributed by atoms with E-state index < -0.39 is 6.10 Å². The number of carbonyl (C=O) groups is 1. The molecule has 21 heavy (non-hydrogen) atoms. The Morgan fingerprint density at radius 3 is 2.52 bits per heavy atom. The Kier molecular flexibility index (Phi) is 3.43. The third-order valence-corrected chi connectivity index (χ3v) is 4.50. The van der Waals surface area contributed by atoms with Crippen LogP contribution in [0.2, 0.25) is 0 Å². The van der Waals surface area contributed by atoms with E-state index in [1.807, 2.05) is 32.9 Å². The van der Waals surface area contributed by atoms with Gasteiger partial charge in [0.15, 0.2) is 11.3 Å². The molecule has 3 rings (SSSR count). The minimum Gasteiger partial charge on any atom is -0.378 e. The van der Waals surface area contributed by atoms with Crippen LogP contribution in [0, 0.1) is 20.8 Å². The number of benzene rings is 1. The summed E-state index contributed by atoms with van der Waals surface area (Å²) in [5, 5.41) is 13.0. The minimum absolute atomic E-state index is 0.384. The van der Waals surface area contributed by atoms with Crippen molar-refractivity contribution in [2.45, 2.75) is 36.9 Å². The van der Waals surface area contributed by atoms with Crippen molar-refractivity contribution in [3.8, 4) is 0 Å². The molecule has 5 nitrogen and oxygen atoms in total. The number of carbonyl (C=O) groups excluding carboxylic acids is 1. The minimum atomic E-state index is -1.07. The van der Waals surface area contributed by atoms with Crippen LogP contribution in [-0.2, 0) is 4.79 Å². The molecule has 0 fully saturated rings. The van der Waals surface area contributed by atoms with Gasteiger partial charge in [-0.1, -0.05) is 6.07 Å². The summed E-state index contributed by atoms with van der Waals surface area (Å²) in [4.78, 5) is 21.3. The van der Waals surface area contributed by atoms with Gasteiger partial charge in [0.25, 0.3) is 5.91 Å². The predicted octanol–water partition coefficient (Wildman–Crippen LogP) is 2.54. The first-order valence-electron chi connectivity index (χ1n) is 6.58. The number of aryl methyl sites for hydroxylation is 2. The molecular formula is C15H15N3O2S. The van der Waals surface area contributed by atoms with Crippen LogP contribution in [-0.4, -0.2) is 21.0 Å². The third-order valence-electron chi connectivity index (χ3n) is 3.65. The standard InChI is InChI=1S/C15H15N3O2S/c1-7-8(2)16-15(17-9(7)3)21-10-4-5-11-12(6-10)18-14(20)13(11)19/h4-6,13,19H,1-3H3,(H,18,20). The summed E-state index contributed by atoms with van der Waals surface area (Å²) in [6, 6.07) is 5.46. The summed E-state index contributed by atoms with van der Waals surface area (Å²) in [5.41, 5.74) is 4.30. The smallest absolute Gasteiger partial charge is 0.257 e. The van der Waals surface area contributed by atoms with Crippen LogP contribution in [0.25, 0.3) is 0 Å². The Balaban J connectivity index is 1.90. The Labute approximate surface area is 126 Å². The lowest BCUT2D eigenvalue weighted by atomic mass is 10.1. The summed E-state index contributed by atoms with van der Waals surface area (Å²) in [6.07, 6.45) is -1.07. The second-order valence-corrected chi connectivity index (χ2v) is 6.09. The molecule has 0 aliphatic carbocycles. The van der Waals surface area contributed by atoms with Gasteiger partial charge in [0.05, 0.1) is 0 Å². The van der Waals surface area contributed by atoms with Gasteiger partial charge in [-0.2, -0.15) is 0 Å². The normalized spacial score (nSPS) is 16.8. The van der Waals surface area contributed by atoms with E-state index in [-0.39, 0.29) is 5.91 Å². The highest BCUT2D eigenvalue weighted by molar-refractivity contribution is 7.99. The van der Waals surface area contributed by atoms with Crippen LogP contribution in [0.4, 0.5) is 5.69 Å². The molecule has 0 radical (unpaired) electrons. The number of aromatic nitrogens is 2. The first-order chi connectivity index (χ1) is 9.95. The quantitative estimate of drug-likeness (QED) is 0.834. The van der Waals surface area contributed by atoms with E-state index >= 15 is 0 Å². The van der Waals surface area contributed by atoms with Gasteiger partial charge < -0.3 is 10.4 Å². The van der Waals surface area contributed by atoms with Gasteiger partial charge in [-0.15, -0.1) is 0 Å². The Hall–Kier alpha value is -1.92. The zero-order chi connectivity index (χ0) is 15.1. The number of hydrogen-bond donors (Lipinski definition) is 2. The molecule has 1 aliphatic heterocycles. The van der Waals surface area contributed by atoms with E-state index in [1.54, 1.807) is 6.07 Å². The fourth-order valence-corrected chi connectivity index (χ4v) is 3.07. The Bertz CT molecular complexity index is 723. The molecule has 1 atom stereocenters. The average Bonchev–Trinajstić information content (AvgIpc) is 2.71. The molecule has 2 aromatic rings. The second kappa shape index (κ2) is 5.13. The maximum Gasteiger partial charge on any atom is 0.257 e. The van der Waals surface area contributed by atoms with Crippen molar-refractivity contribution in [3.63, 3.8) is 0 Å². The molecule has 1 unspecified atom stereocenters. The zero-order valence-electron chi connectivity index (χ0n) is 12.0. The van der Waals surface area contributed by atoms with Crippen molar-refractivity contribution in [2.24, 2.45) is 0 Å². The molecule has 0 spiro atoms. The van der Waals surface area contributed by atoms with Crippen LogP contribution in [0.3, 0.4) is 0 Å². The summed E-state index contributed by atoms with van der Waals surface area (Å²) in [6.45, 7) is 5.94. The van der Waals surface area contributed by atoms with Gasteiger partial charge in [0.1, 0.15) is 0 Å². The van der Waals surface area contributed by atoms with Crippen molar-refractivity contribution in [1.82, 2.24) is 9.97 Å². The lowest BCUT2D eigenvalue weighted by Crippen LogP contribution is -2.10. The van der Waals surface area contributed by atoms with Crippen molar-refractivity contribution in [2.75, 3.05) is 5.32 Å². The predicted molar refractivity (Wildman–Crippen MR) is 80.4 cm³/mol. The Morgan fingerprint density at radius 1 is 1.19 bits per heavy atom. The summed E-state index contributed by atoms with van der Waals surface area (Å²) in [7, 11) is 0. The van der Waals surface area contributed by atoms with E-state index in [2.05, 4.69) is 15.3 Å². The van der Waals surface area contributed by atoms with Crippen LogP contribution >= 0.6 is 11.8 Å². The van der Waals surface area contributed by atoms with Crippen molar-refractivity contribution in [1.29, 1.82) is 0 Å². The summed E-state index contributed by atoms with van der Waals surface area (Å²) >= 11 is 1.44. The first-order valence-corrected chi connectivity index (χ1v) is 7.40. The highest BCUT2D eigenvalue weighted by Gasteiger charge is 2.28. The topological polar surface area (TPSA) is 75.1 Å². The molecule has 1 aromatic carbocycles. The highest BCUT2D eigenvalue weighted by Crippen LogP contribution is 2.35. The number of rotatable bonds is 2. The summed E-state index contributed by atoms with van der Waals surface area (Å²) < 4.78 is 0. The number of anilines is 1. The molecule has 0 bridgehead atoms. The second-order valence-electron chi connectivity index (χ2n) is 5.04. The number of nitrogens with zero attached hydrogens (tertiary/aromatic N) is 2. The molecular weight excluding hydrogens is 286 g/mol. The van der Waals surface area contributed by atoms with Gasteiger partial charge in [0, 0.05) is 27.5 Å². The molecule has 108 valence electrons. The maximum absolute atomic E-state index is 11.4. The van der Waals surface area contributed by atoms with Crippen LogP contribution < -0.4 is 5.32 Å². The van der Waals surface area contributed by atoms with E-state index in [9.17, 15) is 9.90 Å². The lowest BCUT2D eigenvalue weighted by molar-refractivity contribution is -0.123. The van der Waals surface area contributed by atoms with Gasteiger partial charge in [0.2, 0.25) is 0 Å². The van der Waals surface area contributed by atoms with Crippen molar-refractivity contribution < 1.29 is 9.90 Å². The van der Waals surface area contributed by atoms with Crippen LogP contribution in [0.5, 0.6) is 0 Å². The van der Waals surface area contributed by atoms with E-state index in [0.717, 1.165) is 21.8 Å². The van der Waals surface area contributed by atoms with Gasteiger partial charge in [-0.3, -0.25) is 4.79 Å². The SMILES string of the molecule is Cc1nc(Sc2ccc3c(c2)NC(=O)C3O)nc(C)c1C. The maximum atomic E-state index is 11.4. The van der Waals surface area contributed by atoms with Crippen LogP contribution in [0.1, 0.15) is 28.6 Å². The number of amides is 1. The number of nitrogens with one attached hydrogen (secondary N) is 1. The molecule has 6 heteroatoms. The fourth-order valence-electron chi connectivity index (χ4n) is 2.18. The van der Waals surface area contributed by atoms with Gasteiger partial charge in [-0.05, 0) is 50.2 Å². The van der Waals surface area contributed by atoms with Crippen molar-refractivity contribution >= 4 is 23.4 Å². The molecule has 2 N–H and O–H groups in total. The van der Waals surface area contributed by atoms with E-state index in [4.69, 9.17) is 0 Å². The number of hydrogen-bond acceptors (Lipinski definition) is 5. The fraction of sp³-hybridized carbons (Fsp3) is 0.267. The molecule has 1 aromatic heterocycles.